The maximum absolute atomic E-state index is 12.5. The fraction of sp³-hybridized carbons (Fsp3) is 0.533. The van der Waals surface area contributed by atoms with Gasteiger partial charge in [-0.05, 0) is 25.2 Å². The molecule has 0 unspecified atom stereocenters. The van der Waals surface area contributed by atoms with Crippen LogP contribution in [0.4, 0.5) is 0 Å². The van der Waals surface area contributed by atoms with Crippen LogP contribution in [-0.4, -0.2) is 25.4 Å². The molecule has 1 N–H and O–H groups in total. The van der Waals surface area contributed by atoms with Crippen molar-refractivity contribution in [2.75, 3.05) is 0 Å². The van der Waals surface area contributed by atoms with Crippen molar-refractivity contribution in [3.05, 3.63) is 27.9 Å². The van der Waals surface area contributed by atoms with E-state index in [1.165, 1.54) is 5.69 Å². The number of fused-ring (bicyclic) bond motifs is 3. The molecule has 0 amide bonds. The summed E-state index contributed by atoms with van der Waals surface area (Å²) in [6.45, 7) is 4.56. The molecular weight excluding hydrogens is 270 g/mol. The van der Waals surface area contributed by atoms with Gasteiger partial charge in [0.1, 0.15) is 6.54 Å². The normalized spacial score (nSPS) is 14.6. The van der Waals surface area contributed by atoms with Crippen molar-refractivity contribution >= 4 is 16.7 Å². The van der Waals surface area contributed by atoms with E-state index in [4.69, 9.17) is 5.11 Å². The molecule has 0 aromatic carbocycles. The Morgan fingerprint density at radius 3 is 2.86 bits per heavy atom. The van der Waals surface area contributed by atoms with Gasteiger partial charge < -0.3 is 9.67 Å². The van der Waals surface area contributed by atoms with Gasteiger partial charge in [0, 0.05) is 23.8 Å². The van der Waals surface area contributed by atoms with Crippen LogP contribution in [0.5, 0.6) is 0 Å². The number of carbonyl (C=O) groups is 1. The minimum atomic E-state index is -1.05. The van der Waals surface area contributed by atoms with Crippen molar-refractivity contribution in [3.8, 4) is 0 Å². The summed E-state index contributed by atoms with van der Waals surface area (Å²) in [6.07, 6.45) is 5.06. The Morgan fingerprint density at radius 1 is 1.43 bits per heavy atom. The van der Waals surface area contributed by atoms with Crippen LogP contribution in [0.15, 0.2) is 11.0 Å². The van der Waals surface area contributed by atoms with Gasteiger partial charge in [0.25, 0.3) is 5.56 Å². The van der Waals surface area contributed by atoms with Crippen LogP contribution in [0.3, 0.4) is 0 Å². The molecule has 6 nitrogen and oxygen atoms in total. The molecule has 0 saturated heterocycles. The zero-order valence-electron chi connectivity index (χ0n) is 12.3. The third-order valence-electron chi connectivity index (χ3n) is 4.03. The summed E-state index contributed by atoms with van der Waals surface area (Å²) in [5.41, 5.74) is 1.69. The molecule has 0 radical (unpaired) electrons. The first-order valence-electron chi connectivity index (χ1n) is 7.33. The predicted molar refractivity (Wildman–Crippen MR) is 78.7 cm³/mol. The van der Waals surface area contributed by atoms with Crippen LogP contribution in [0.2, 0.25) is 0 Å². The molecule has 0 spiro atoms. The smallest absolute Gasteiger partial charge is 0.325 e. The third kappa shape index (κ3) is 2.24. The Balaban J connectivity index is 2.34. The Labute approximate surface area is 122 Å². The highest BCUT2D eigenvalue weighted by atomic mass is 16.4. The van der Waals surface area contributed by atoms with Crippen LogP contribution in [0.1, 0.15) is 44.0 Å². The number of rotatable bonds is 3. The molecule has 6 heteroatoms. The second kappa shape index (κ2) is 5.02. The van der Waals surface area contributed by atoms with Crippen molar-refractivity contribution in [2.45, 2.75) is 52.1 Å². The van der Waals surface area contributed by atoms with Gasteiger partial charge in [-0.1, -0.05) is 13.8 Å². The number of hydrogen-bond donors (Lipinski definition) is 1. The maximum atomic E-state index is 12.5. The number of carboxylic acid groups (broad SMARTS) is 1. The summed E-state index contributed by atoms with van der Waals surface area (Å²) in [4.78, 5) is 23.4. The van der Waals surface area contributed by atoms with E-state index in [2.05, 4.69) is 9.67 Å². The Bertz CT molecular complexity index is 771. The van der Waals surface area contributed by atoms with Gasteiger partial charge in [0.2, 0.25) is 0 Å². The first-order chi connectivity index (χ1) is 9.99. The minimum Gasteiger partial charge on any atom is -0.480 e. The van der Waals surface area contributed by atoms with Crippen molar-refractivity contribution in [2.24, 2.45) is 0 Å². The molecule has 0 aliphatic carbocycles. The van der Waals surface area contributed by atoms with Gasteiger partial charge >= 0.3 is 5.97 Å². The van der Waals surface area contributed by atoms with E-state index in [0.29, 0.717) is 5.39 Å². The number of hydrogen-bond acceptors (Lipinski definition) is 3. The van der Waals surface area contributed by atoms with E-state index in [1.54, 1.807) is 0 Å². The number of aryl methyl sites for hydroxylation is 2. The average Bonchev–Trinajstić information content (AvgIpc) is 2.81. The standard InChI is InChI=1S/C15H19N3O3/c1-9(2)14-13-10(7-17-6-4-3-5-11(13)17)15(21)18(16-14)8-12(19)20/h7,9H,3-6,8H2,1-2H3,(H,19,20). The molecule has 1 aliphatic rings. The van der Waals surface area contributed by atoms with E-state index in [0.717, 1.165) is 41.6 Å². The van der Waals surface area contributed by atoms with Crippen LogP contribution in [0, 0.1) is 0 Å². The average molecular weight is 289 g/mol. The highest BCUT2D eigenvalue weighted by Crippen LogP contribution is 2.29. The lowest BCUT2D eigenvalue weighted by Gasteiger charge is -2.16. The molecule has 1 aliphatic heterocycles. The van der Waals surface area contributed by atoms with Gasteiger partial charge in [0.15, 0.2) is 0 Å². The lowest BCUT2D eigenvalue weighted by molar-refractivity contribution is -0.138. The summed E-state index contributed by atoms with van der Waals surface area (Å²) < 4.78 is 3.21. The summed E-state index contributed by atoms with van der Waals surface area (Å²) >= 11 is 0. The van der Waals surface area contributed by atoms with Crippen LogP contribution < -0.4 is 5.56 Å². The van der Waals surface area contributed by atoms with E-state index in [-0.39, 0.29) is 11.5 Å². The zero-order valence-corrected chi connectivity index (χ0v) is 12.3. The largest absolute Gasteiger partial charge is 0.480 e. The summed E-state index contributed by atoms with van der Waals surface area (Å²) in [7, 11) is 0. The molecule has 2 aromatic heterocycles. The number of nitrogens with zero attached hydrogens (tertiary/aromatic N) is 3. The quantitative estimate of drug-likeness (QED) is 0.933. The van der Waals surface area contributed by atoms with Crippen molar-refractivity contribution in [3.63, 3.8) is 0 Å². The zero-order chi connectivity index (χ0) is 15.1. The molecule has 0 saturated carbocycles. The van der Waals surface area contributed by atoms with Gasteiger partial charge in [-0.3, -0.25) is 9.59 Å². The van der Waals surface area contributed by atoms with Gasteiger partial charge in [-0.15, -0.1) is 0 Å². The molecule has 3 heterocycles. The van der Waals surface area contributed by atoms with Gasteiger partial charge in [0.05, 0.1) is 11.1 Å². The van der Waals surface area contributed by atoms with Crippen molar-refractivity contribution < 1.29 is 9.90 Å². The second-order valence-electron chi connectivity index (χ2n) is 5.91. The van der Waals surface area contributed by atoms with Gasteiger partial charge in [-0.25, -0.2) is 4.68 Å². The Morgan fingerprint density at radius 2 is 2.19 bits per heavy atom. The van der Waals surface area contributed by atoms with Crippen molar-refractivity contribution in [1.29, 1.82) is 0 Å². The molecule has 0 bridgehead atoms. The lowest BCUT2D eigenvalue weighted by Crippen LogP contribution is -2.28. The fourth-order valence-corrected chi connectivity index (χ4v) is 3.09. The number of carboxylic acids is 1. The first-order valence-corrected chi connectivity index (χ1v) is 7.33. The number of aromatic nitrogens is 3. The molecule has 0 fully saturated rings. The second-order valence-corrected chi connectivity index (χ2v) is 5.91. The van der Waals surface area contributed by atoms with E-state index in [1.807, 2.05) is 20.0 Å². The molecule has 112 valence electrons. The summed E-state index contributed by atoms with van der Waals surface area (Å²) in [5, 5.41) is 14.8. The molecular formula is C15H19N3O3. The van der Waals surface area contributed by atoms with Crippen LogP contribution in [0.25, 0.3) is 10.8 Å². The Hall–Kier alpha value is -2.11. The first kappa shape index (κ1) is 13.9. The Kier molecular flexibility index (Phi) is 3.31. The number of aliphatic carboxylic acids is 1. The minimum absolute atomic E-state index is 0.141. The lowest BCUT2D eigenvalue weighted by atomic mass is 10.0. The topological polar surface area (TPSA) is 77.1 Å². The predicted octanol–water partition coefficient (Wildman–Crippen LogP) is 1.74. The SMILES string of the molecule is CC(C)c1nn(CC(=O)O)c(=O)c2cn3c(c12)CCCC3. The third-order valence-corrected chi connectivity index (χ3v) is 4.03. The summed E-state index contributed by atoms with van der Waals surface area (Å²) in [5.74, 6) is -0.912. The highest BCUT2D eigenvalue weighted by molar-refractivity contribution is 5.87. The maximum Gasteiger partial charge on any atom is 0.325 e. The van der Waals surface area contributed by atoms with Gasteiger partial charge in [-0.2, -0.15) is 5.10 Å². The van der Waals surface area contributed by atoms with Crippen molar-refractivity contribution in [1.82, 2.24) is 14.3 Å². The van der Waals surface area contributed by atoms with E-state index >= 15 is 0 Å². The molecule has 3 rings (SSSR count). The van der Waals surface area contributed by atoms with E-state index < -0.39 is 12.5 Å². The molecule has 21 heavy (non-hydrogen) atoms. The van der Waals surface area contributed by atoms with E-state index in [9.17, 15) is 9.59 Å². The highest BCUT2D eigenvalue weighted by Gasteiger charge is 2.22. The van der Waals surface area contributed by atoms with Crippen LogP contribution in [-0.2, 0) is 24.3 Å². The summed E-state index contributed by atoms with van der Waals surface area (Å²) in [6, 6.07) is 0. The molecule has 0 atom stereocenters. The fourth-order valence-electron chi connectivity index (χ4n) is 3.09. The monoisotopic (exact) mass is 289 g/mol. The van der Waals surface area contributed by atoms with Crippen LogP contribution >= 0.6 is 0 Å². The molecule has 2 aromatic rings.